The Labute approximate surface area is 120 Å². The standard InChI is InChI=1S/C14H25N3O3/c1-3-4-10(7-8-15)5-6-12(18)16-11-9-13(19)17(2)14(11)20/h10-11H,3-9,15H2,1-2H3,(H,16,18). The van der Waals surface area contributed by atoms with Gasteiger partial charge < -0.3 is 11.1 Å². The van der Waals surface area contributed by atoms with E-state index >= 15 is 0 Å². The molecule has 1 fully saturated rings. The second-order valence-corrected chi connectivity index (χ2v) is 5.39. The lowest BCUT2D eigenvalue weighted by molar-refractivity contribution is -0.138. The maximum atomic E-state index is 11.8. The Bertz CT molecular complexity index is 365. The highest BCUT2D eigenvalue weighted by Crippen LogP contribution is 2.17. The van der Waals surface area contributed by atoms with E-state index in [9.17, 15) is 14.4 Å². The van der Waals surface area contributed by atoms with E-state index in [0.29, 0.717) is 18.9 Å². The van der Waals surface area contributed by atoms with Crippen LogP contribution in [0.2, 0.25) is 0 Å². The van der Waals surface area contributed by atoms with Gasteiger partial charge in [-0.1, -0.05) is 19.8 Å². The molecule has 6 heteroatoms. The molecule has 2 atom stereocenters. The number of amides is 3. The first-order chi connectivity index (χ1) is 9.49. The first-order valence-corrected chi connectivity index (χ1v) is 7.29. The lowest BCUT2D eigenvalue weighted by Crippen LogP contribution is -2.40. The number of nitrogens with two attached hydrogens (primary N) is 1. The van der Waals surface area contributed by atoms with Crippen LogP contribution in [0.3, 0.4) is 0 Å². The summed E-state index contributed by atoms with van der Waals surface area (Å²) in [6.07, 6.45) is 4.29. The Kier molecular flexibility index (Phi) is 6.64. The predicted molar refractivity (Wildman–Crippen MR) is 75.6 cm³/mol. The zero-order valence-electron chi connectivity index (χ0n) is 12.4. The van der Waals surface area contributed by atoms with Crippen LogP contribution in [0.5, 0.6) is 0 Å². The molecule has 0 bridgehead atoms. The molecule has 1 saturated heterocycles. The van der Waals surface area contributed by atoms with E-state index in [2.05, 4.69) is 12.2 Å². The van der Waals surface area contributed by atoms with Crippen LogP contribution in [0.15, 0.2) is 0 Å². The van der Waals surface area contributed by atoms with Crippen LogP contribution in [0, 0.1) is 5.92 Å². The largest absolute Gasteiger partial charge is 0.344 e. The summed E-state index contributed by atoms with van der Waals surface area (Å²) < 4.78 is 0. The molecule has 0 aromatic rings. The van der Waals surface area contributed by atoms with Gasteiger partial charge in [0.05, 0.1) is 6.42 Å². The number of carbonyl (C=O) groups excluding carboxylic acids is 3. The summed E-state index contributed by atoms with van der Waals surface area (Å²) in [4.78, 5) is 35.9. The molecule has 3 amide bonds. The fourth-order valence-electron chi connectivity index (χ4n) is 2.55. The number of likely N-dealkylation sites (tertiary alicyclic amines) is 1. The second-order valence-electron chi connectivity index (χ2n) is 5.39. The van der Waals surface area contributed by atoms with Gasteiger partial charge in [-0.05, 0) is 25.3 Å². The van der Waals surface area contributed by atoms with Crippen molar-refractivity contribution in [3.63, 3.8) is 0 Å². The monoisotopic (exact) mass is 283 g/mol. The number of likely N-dealkylation sites (N-methyl/N-ethyl adjacent to an activating group) is 1. The smallest absolute Gasteiger partial charge is 0.252 e. The molecular weight excluding hydrogens is 258 g/mol. The van der Waals surface area contributed by atoms with E-state index in [4.69, 9.17) is 5.73 Å². The number of nitrogens with one attached hydrogen (secondary N) is 1. The van der Waals surface area contributed by atoms with Crippen LogP contribution in [0.4, 0.5) is 0 Å². The normalized spacial score (nSPS) is 20.4. The molecule has 1 aliphatic heterocycles. The summed E-state index contributed by atoms with van der Waals surface area (Å²) in [5, 5.41) is 2.65. The maximum absolute atomic E-state index is 11.8. The van der Waals surface area contributed by atoms with Gasteiger partial charge in [0.2, 0.25) is 11.8 Å². The van der Waals surface area contributed by atoms with Crippen LogP contribution >= 0.6 is 0 Å². The van der Waals surface area contributed by atoms with E-state index < -0.39 is 6.04 Å². The topological polar surface area (TPSA) is 92.5 Å². The summed E-state index contributed by atoms with van der Waals surface area (Å²) in [5.74, 6) is -0.272. The van der Waals surface area contributed by atoms with Crippen molar-refractivity contribution in [2.45, 2.75) is 51.5 Å². The van der Waals surface area contributed by atoms with E-state index in [1.807, 2.05) is 0 Å². The van der Waals surface area contributed by atoms with Crippen molar-refractivity contribution >= 4 is 17.7 Å². The SMILES string of the molecule is CCCC(CCN)CCC(=O)NC1CC(=O)N(C)C1=O. The average molecular weight is 283 g/mol. The Morgan fingerprint density at radius 2 is 2.10 bits per heavy atom. The molecule has 0 saturated carbocycles. The molecular formula is C14H25N3O3. The number of hydrogen-bond acceptors (Lipinski definition) is 4. The van der Waals surface area contributed by atoms with Gasteiger partial charge in [0.15, 0.2) is 0 Å². The average Bonchev–Trinajstić information content (AvgIpc) is 2.64. The minimum atomic E-state index is -0.681. The van der Waals surface area contributed by atoms with Crippen molar-refractivity contribution in [2.75, 3.05) is 13.6 Å². The Hall–Kier alpha value is -1.43. The zero-order valence-corrected chi connectivity index (χ0v) is 12.4. The van der Waals surface area contributed by atoms with Gasteiger partial charge in [-0.25, -0.2) is 0 Å². The molecule has 1 rings (SSSR count). The van der Waals surface area contributed by atoms with Crippen LogP contribution in [0.25, 0.3) is 0 Å². The minimum absolute atomic E-state index is 0.0717. The van der Waals surface area contributed by atoms with Gasteiger partial charge in [0.25, 0.3) is 5.91 Å². The quantitative estimate of drug-likeness (QED) is 0.631. The van der Waals surface area contributed by atoms with Crippen molar-refractivity contribution in [3.8, 4) is 0 Å². The molecule has 2 unspecified atom stereocenters. The van der Waals surface area contributed by atoms with Gasteiger partial charge in [-0.2, -0.15) is 0 Å². The number of rotatable bonds is 8. The fraction of sp³-hybridized carbons (Fsp3) is 0.786. The summed E-state index contributed by atoms with van der Waals surface area (Å²) >= 11 is 0. The summed E-state index contributed by atoms with van der Waals surface area (Å²) in [5.41, 5.74) is 5.56. The van der Waals surface area contributed by atoms with Crippen molar-refractivity contribution in [1.82, 2.24) is 10.2 Å². The summed E-state index contributed by atoms with van der Waals surface area (Å²) in [7, 11) is 1.44. The molecule has 0 radical (unpaired) electrons. The molecule has 0 aromatic carbocycles. The molecule has 0 aromatic heterocycles. The van der Waals surface area contributed by atoms with Gasteiger partial charge in [-0.15, -0.1) is 0 Å². The highest BCUT2D eigenvalue weighted by Gasteiger charge is 2.36. The molecule has 20 heavy (non-hydrogen) atoms. The third-order valence-corrected chi connectivity index (χ3v) is 3.77. The van der Waals surface area contributed by atoms with Gasteiger partial charge in [-0.3, -0.25) is 19.3 Å². The zero-order chi connectivity index (χ0) is 15.1. The maximum Gasteiger partial charge on any atom is 0.252 e. The molecule has 1 heterocycles. The highest BCUT2D eigenvalue weighted by molar-refractivity contribution is 6.06. The molecule has 0 spiro atoms. The third kappa shape index (κ3) is 4.59. The molecule has 0 aliphatic carbocycles. The number of imide groups is 1. The predicted octanol–water partition coefficient (Wildman–Crippen LogP) is 0.405. The Morgan fingerprint density at radius 1 is 1.40 bits per heavy atom. The van der Waals surface area contributed by atoms with E-state index in [0.717, 1.165) is 30.6 Å². The van der Waals surface area contributed by atoms with Crippen molar-refractivity contribution in [1.29, 1.82) is 0 Å². The van der Waals surface area contributed by atoms with Crippen molar-refractivity contribution in [3.05, 3.63) is 0 Å². The van der Waals surface area contributed by atoms with Crippen LogP contribution in [0.1, 0.15) is 45.4 Å². The summed E-state index contributed by atoms with van der Waals surface area (Å²) in [6, 6.07) is -0.681. The first kappa shape index (κ1) is 16.6. The van der Waals surface area contributed by atoms with Crippen LogP contribution < -0.4 is 11.1 Å². The van der Waals surface area contributed by atoms with Gasteiger partial charge >= 0.3 is 0 Å². The van der Waals surface area contributed by atoms with E-state index in [-0.39, 0.29) is 24.1 Å². The van der Waals surface area contributed by atoms with Crippen LogP contribution in [-0.2, 0) is 14.4 Å². The molecule has 6 nitrogen and oxygen atoms in total. The number of carbonyl (C=O) groups is 3. The highest BCUT2D eigenvalue weighted by atomic mass is 16.2. The fourth-order valence-corrected chi connectivity index (χ4v) is 2.55. The van der Waals surface area contributed by atoms with Crippen molar-refractivity contribution < 1.29 is 14.4 Å². The van der Waals surface area contributed by atoms with Crippen molar-refractivity contribution in [2.24, 2.45) is 11.7 Å². The Morgan fingerprint density at radius 3 is 2.60 bits per heavy atom. The van der Waals surface area contributed by atoms with Crippen LogP contribution in [-0.4, -0.2) is 42.3 Å². The third-order valence-electron chi connectivity index (χ3n) is 3.77. The first-order valence-electron chi connectivity index (χ1n) is 7.29. The number of hydrogen-bond donors (Lipinski definition) is 2. The number of nitrogens with zero attached hydrogens (tertiary/aromatic N) is 1. The second kappa shape index (κ2) is 7.99. The lowest BCUT2D eigenvalue weighted by Gasteiger charge is -2.16. The molecule has 1 aliphatic rings. The van der Waals surface area contributed by atoms with E-state index in [1.54, 1.807) is 0 Å². The summed E-state index contributed by atoms with van der Waals surface area (Å²) in [6.45, 7) is 2.74. The minimum Gasteiger partial charge on any atom is -0.344 e. The van der Waals surface area contributed by atoms with E-state index in [1.165, 1.54) is 7.05 Å². The Balaban J connectivity index is 2.36. The van der Waals surface area contributed by atoms with Gasteiger partial charge in [0, 0.05) is 13.5 Å². The molecule has 114 valence electrons. The molecule has 3 N–H and O–H groups in total. The van der Waals surface area contributed by atoms with Gasteiger partial charge in [0.1, 0.15) is 6.04 Å². The lowest BCUT2D eigenvalue weighted by atomic mass is 9.94.